The predicted molar refractivity (Wildman–Crippen MR) is 55.7 cm³/mol. The number of hydrogen-bond donors (Lipinski definition) is 0. The SMILES string of the molecule is O=[N+]([O-])c1ccc(Cl)c(Cl)c1CBr. The molecule has 0 unspecified atom stereocenters. The number of nitro groups is 1. The molecular formula is C7H4BrCl2NO2. The van der Waals surface area contributed by atoms with Crippen molar-refractivity contribution in [3.8, 4) is 0 Å². The largest absolute Gasteiger partial charge is 0.275 e. The molecule has 6 heteroatoms. The Morgan fingerprint density at radius 1 is 1.46 bits per heavy atom. The van der Waals surface area contributed by atoms with Gasteiger partial charge in [0.05, 0.1) is 20.5 Å². The van der Waals surface area contributed by atoms with Gasteiger partial charge in [0.25, 0.3) is 5.69 Å². The van der Waals surface area contributed by atoms with Gasteiger partial charge < -0.3 is 0 Å². The Kier molecular flexibility index (Phi) is 3.53. The topological polar surface area (TPSA) is 43.1 Å². The highest BCUT2D eigenvalue weighted by molar-refractivity contribution is 9.08. The monoisotopic (exact) mass is 283 g/mol. The molecule has 0 N–H and O–H groups in total. The van der Waals surface area contributed by atoms with Gasteiger partial charge in [0.15, 0.2) is 0 Å². The summed E-state index contributed by atoms with van der Waals surface area (Å²) in [5.74, 6) is 0. The zero-order valence-corrected chi connectivity index (χ0v) is 9.36. The molecule has 13 heavy (non-hydrogen) atoms. The van der Waals surface area contributed by atoms with Crippen molar-refractivity contribution in [2.75, 3.05) is 0 Å². The van der Waals surface area contributed by atoms with Crippen molar-refractivity contribution in [2.45, 2.75) is 5.33 Å². The van der Waals surface area contributed by atoms with E-state index in [0.29, 0.717) is 15.9 Å². The van der Waals surface area contributed by atoms with Crippen molar-refractivity contribution in [3.63, 3.8) is 0 Å². The first kappa shape index (κ1) is 10.8. The Morgan fingerprint density at radius 2 is 2.08 bits per heavy atom. The first-order chi connectivity index (χ1) is 6.07. The van der Waals surface area contributed by atoms with Crippen LogP contribution >= 0.6 is 39.1 Å². The molecule has 0 saturated carbocycles. The fourth-order valence-corrected chi connectivity index (χ4v) is 2.01. The first-order valence-corrected chi connectivity index (χ1v) is 5.13. The number of nitrogens with zero attached hydrogens (tertiary/aromatic N) is 1. The molecule has 1 rings (SSSR count). The second-order valence-corrected chi connectivity index (χ2v) is 3.60. The van der Waals surface area contributed by atoms with Gasteiger partial charge in [-0.3, -0.25) is 10.1 Å². The zero-order chi connectivity index (χ0) is 10.0. The summed E-state index contributed by atoms with van der Waals surface area (Å²) >= 11 is 14.6. The van der Waals surface area contributed by atoms with E-state index in [1.807, 2.05) is 0 Å². The van der Waals surface area contributed by atoms with Crippen LogP contribution in [0.5, 0.6) is 0 Å². The van der Waals surface area contributed by atoms with Crippen LogP contribution in [-0.4, -0.2) is 4.92 Å². The van der Waals surface area contributed by atoms with Crippen LogP contribution < -0.4 is 0 Å². The molecule has 0 radical (unpaired) electrons. The van der Waals surface area contributed by atoms with Crippen LogP contribution in [0.25, 0.3) is 0 Å². The molecule has 0 aliphatic carbocycles. The maximum Gasteiger partial charge on any atom is 0.275 e. The number of hydrogen-bond acceptors (Lipinski definition) is 2. The third-order valence-corrected chi connectivity index (χ3v) is 2.91. The number of benzene rings is 1. The summed E-state index contributed by atoms with van der Waals surface area (Å²) in [5.41, 5.74) is 0.380. The number of alkyl halides is 1. The fraction of sp³-hybridized carbons (Fsp3) is 0.143. The third kappa shape index (κ3) is 2.13. The molecule has 0 aliphatic rings. The van der Waals surface area contributed by atoms with E-state index in [1.165, 1.54) is 12.1 Å². The molecular weight excluding hydrogens is 281 g/mol. The molecule has 1 aromatic rings. The van der Waals surface area contributed by atoms with Crippen LogP contribution in [0.4, 0.5) is 5.69 Å². The standard InChI is InChI=1S/C7H4BrCl2NO2/c8-3-4-6(11(12)13)2-1-5(9)7(4)10/h1-2H,3H2. The van der Waals surface area contributed by atoms with Gasteiger partial charge in [-0.25, -0.2) is 0 Å². The lowest BCUT2D eigenvalue weighted by molar-refractivity contribution is -0.385. The molecule has 0 aromatic heterocycles. The Balaban J connectivity index is 3.38. The van der Waals surface area contributed by atoms with Gasteiger partial charge in [-0.15, -0.1) is 0 Å². The molecule has 0 bridgehead atoms. The minimum atomic E-state index is -0.487. The van der Waals surface area contributed by atoms with Crippen molar-refractivity contribution in [3.05, 3.63) is 37.9 Å². The molecule has 0 saturated heterocycles. The van der Waals surface area contributed by atoms with Crippen molar-refractivity contribution in [2.24, 2.45) is 0 Å². The Morgan fingerprint density at radius 3 is 2.54 bits per heavy atom. The summed E-state index contributed by atoms with van der Waals surface area (Å²) in [5, 5.41) is 11.4. The van der Waals surface area contributed by atoms with E-state index >= 15 is 0 Å². The van der Waals surface area contributed by atoms with Crippen LogP contribution in [0.3, 0.4) is 0 Å². The molecule has 0 aliphatic heterocycles. The van der Waals surface area contributed by atoms with E-state index < -0.39 is 4.92 Å². The first-order valence-electron chi connectivity index (χ1n) is 3.25. The van der Waals surface area contributed by atoms with Crippen molar-refractivity contribution < 1.29 is 4.92 Å². The summed E-state index contributed by atoms with van der Waals surface area (Å²) in [4.78, 5) is 10.0. The lowest BCUT2D eigenvalue weighted by Crippen LogP contribution is -1.94. The van der Waals surface area contributed by atoms with Gasteiger partial charge >= 0.3 is 0 Å². The highest BCUT2D eigenvalue weighted by atomic mass is 79.9. The minimum absolute atomic E-state index is 0.0220. The summed E-state index contributed by atoms with van der Waals surface area (Å²) in [6.07, 6.45) is 0. The van der Waals surface area contributed by atoms with Gasteiger partial charge in [0.1, 0.15) is 0 Å². The van der Waals surface area contributed by atoms with Crippen molar-refractivity contribution in [1.82, 2.24) is 0 Å². The zero-order valence-electron chi connectivity index (χ0n) is 6.26. The van der Waals surface area contributed by atoms with Crippen LogP contribution in [-0.2, 0) is 5.33 Å². The third-order valence-electron chi connectivity index (χ3n) is 1.50. The Hall–Kier alpha value is -0.320. The van der Waals surface area contributed by atoms with Crippen molar-refractivity contribution >= 4 is 44.8 Å². The smallest absolute Gasteiger partial charge is 0.258 e. The lowest BCUT2D eigenvalue weighted by atomic mass is 10.2. The lowest BCUT2D eigenvalue weighted by Gasteiger charge is -2.02. The summed E-state index contributed by atoms with van der Waals surface area (Å²) in [6, 6.07) is 2.75. The summed E-state index contributed by atoms with van der Waals surface area (Å²) in [7, 11) is 0. The van der Waals surface area contributed by atoms with Gasteiger partial charge in [-0.05, 0) is 6.07 Å². The molecule has 70 valence electrons. The second kappa shape index (κ2) is 4.26. The molecule has 0 spiro atoms. The van der Waals surface area contributed by atoms with E-state index in [1.54, 1.807) is 0 Å². The van der Waals surface area contributed by atoms with Crippen LogP contribution in [0.15, 0.2) is 12.1 Å². The van der Waals surface area contributed by atoms with Gasteiger partial charge in [-0.1, -0.05) is 39.1 Å². The summed E-state index contributed by atoms with van der Waals surface area (Å²) in [6.45, 7) is 0. The second-order valence-electron chi connectivity index (χ2n) is 2.25. The maximum absolute atomic E-state index is 10.5. The Bertz CT molecular complexity index is 357. The fourth-order valence-electron chi connectivity index (χ4n) is 0.881. The summed E-state index contributed by atoms with van der Waals surface area (Å²) < 4.78 is 0. The van der Waals surface area contributed by atoms with Crippen LogP contribution in [0, 0.1) is 10.1 Å². The van der Waals surface area contributed by atoms with Gasteiger partial charge in [0, 0.05) is 11.4 Å². The normalized spacial score (nSPS) is 10.1. The minimum Gasteiger partial charge on any atom is -0.258 e. The number of halogens is 3. The molecule has 0 fully saturated rings. The highest BCUT2D eigenvalue weighted by Gasteiger charge is 2.17. The number of rotatable bonds is 2. The van der Waals surface area contributed by atoms with Crippen LogP contribution in [0.1, 0.15) is 5.56 Å². The van der Waals surface area contributed by atoms with Crippen LogP contribution in [0.2, 0.25) is 10.0 Å². The van der Waals surface area contributed by atoms with Gasteiger partial charge in [-0.2, -0.15) is 0 Å². The van der Waals surface area contributed by atoms with Crippen molar-refractivity contribution in [1.29, 1.82) is 0 Å². The van der Waals surface area contributed by atoms with E-state index in [9.17, 15) is 10.1 Å². The van der Waals surface area contributed by atoms with Gasteiger partial charge in [0.2, 0.25) is 0 Å². The molecule has 3 nitrogen and oxygen atoms in total. The molecule has 0 amide bonds. The highest BCUT2D eigenvalue weighted by Crippen LogP contribution is 2.33. The van der Waals surface area contributed by atoms with E-state index in [4.69, 9.17) is 23.2 Å². The average Bonchev–Trinajstić information content (AvgIpc) is 2.09. The molecule has 1 aromatic carbocycles. The number of nitro benzene ring substituents is 1. The van der Waals surface area contributed by atoms with E-state index in [0.717, 1.165) is 0 Å². The van der Waals surface area contributed by atoms with E-state index in [2.05, 4.69) is 15.9 Å². The van der Waals surface area contributed by atoms with E-state index in [-0.39, 0.29) is 10.7 Å². The predicted octanol–water partition coefficient (Wildman–Crippen LogP) is 3.80. The molecule has 0 heterocycles. The average molecular weight is 285 g/mol. The molecule has 0 atom stereocenters. The Labute approximate surface area is 92.9 Å². The quantitative estimate of drug-likeness (QED) is 0.471. The maximum atomic E-state index is 10.5.